The first kappa shape index (κ1) is 10.8. The Hall–Kier alpha value is -0.680. The maximum atomic E-state index is 12.8. The first-order valence-corrected chi connectivity index (χ1v) is 5.28. The molecule has 0 amide bonds. The number of rotatable bonds is 2. The van der Waals surface area contributed by atoms with Crippen molar-refractivity contribution in [3.8, 4) is 5.75 Å². The van der Waals surface area contributed by atoms with Gasteiger partial charge in [-0.2, -0.15) is 8.78 Å². The number of hydrogen-bond donors (Lipinski definition) is 1. The van der Waals surface area contributed by atoms with Crippen molar-refractivity contribution in [2.24, 2.45) is 0 Å². The summed E-state index contributed by atoms with van der Waals surface area (Å²) < 4.78 is 30.8. The van der Waals surface area contributed by atoms with Gasteiger partial charge in [-0.05, 0) is 39.2 Å². The lowest BCUT2D eigenvalue weighted by Crippen LogP contribution is -2.18. The third-order valence-corrected chi connectivity index (χ3v) is 2.77. The molecular weight excluding hydrogens is 270 g/mol. The lowest BCUT2D eigenvalue weighted by Gasteiger charge is -2.17. The molecule has 0 bridgehead atoms. The third-order valence-electron chi connectivity index (χ3n) is 2.34. The molecule has 1 unspecified atom stereocenters. The predicted octanol–water partition coefficient (Wildman–Crippen LogP) is 2.64. The SMILES string of the molecule is OC(c1ccc2c(c1)CCO2)C(F)(F)Br. The van der Waals surface area contributed by atoms with Crippen molar-refractivity contribution >= 4 is 15.9 Å². The van der Waals surface area contributed by atoms with Gasteiger partial charge in [-0.1, -0.05) is 6.07 Å². The summed E-state index contributed by atoms with van der Waals surface area (Å²) in [7, 11) is 0. The molecule has 1 heterocycles. The van der Waals surface area contributed by atoms with Crippen molar-refractivity contribution < 1.29 is 18.6 Å². The molecule has 0 aromatic heterocycles. The summed E-state index contributed by atoms with van der Waals surface area (Å²) >= 11 is 2.15. The van der Waals surface area contributed by atoms with E-state index >= 15 is 0 Å². The zero-order valence-electron chi connectivity index (χ0n) is 7.71. The van der Waals surface area contributed by atoms with E-state index in [2.05, 4.69) is 15.9 Å². The summed E-state index contributed by atoms with van der Waals surface area (Å²) in [4.78, 5) is -3.30. The maximum absolute atomic E-state index is 12.8. The highest BCUT2D eigenvalue weighted by Gasteiger charge is 2.36. The van der Waals surface area contributed by atoms with Gasteiger partial charge in [-0.15, -0.1) is 0 Å². The van der Waals surface area contributed by atoms with Crippen molar-refractivity contribution in [3.63, 3.8) is 0 Å². The van der Waals surface area contributed by atoms with Crippen molar-refractivity contribution in [2.75, 3.05) is 6.61 Å². The van der Waals surface area contributed by atoms with E-state index < -0.39 is 10.9 Å². The van der Waals surface area contributed by atoms with Gasteiger partial charge in [0.2, 0.25) is 0 Å². The first-order chi connectivity index (χ1) is 6.98. The van der Waals surface area contributed by atoms with Crippen molar-refractivity contribution in [3.05, 3.63) is 29.3 Å². The molecule has 0 spiro atoms. The molecule has 5 heteroatoms. The van der Waals surface area contributed by atoms with Gasteiger partial charge in [0, 0.05) is 6.42 Å². The topological polar surface area (TPSA) is 29.5 Å². The minimum Gasteiger partial charge on any atom is -0.493 e. The average Bonchev–Trinajstić information content (AvgIpc) is 2.61. The predicted molar refractivity (Wildman–Crippen MR) is 54.5 cm³/mol. The van der Waals surface area contributed by atoms with E-state index in [4.69, 9.17) is 4.74 Å². The molecule has 1 atom stereocenters. The molecular formula is C10H9BrF2O2. The van der Waals surface area contributed by atoms with Crippen LogP contribution in [0.1, 0.15) is 17.2 Å². The number of hydrogen-bond acceptors (Lipinski definition) is 2. The number of ether oxygens (including phenoxy) is 1. The molecule has 1 aliphatic rings. The zero-order chi connectivity index (χ0) is 11.1. The summed E-state index contributed by atoms with van der Waals surface area (Å²) in [5.74, 6) is 0.712. The second-order valence-corrected chi connectivity index (χ2v) is 4.47. The summed E-state index contributed by atoms with van der Waals surface area (Å²) in [6, 6.07) is 4.62. The molecule has 0 radical (unpaired) electrons. The number of aliphatic hydroxyl groups excluding tert-OH is 1. The molecule has 1 aromatic rings. The van der Waals surface area contributed by atoms with Crippen LogP contribution in [0, 0.1) is 0 Å². The average molecular weight is 279 g/mol. The van der Waals surface area contributed by atoms with E-state index in [1.807, 2.05) is 0 Å². The summed E-state index contributed by atoms with van der Waals surface area (Å²) in [5.41, 5.74) is 1.06. The van der Waals surface area contributed by atoms with E-state index in [9.17, 15) is 13.9 Å². The Bertz CT molecular complexity index is 376. The maximum Gasteiger partial charge on any atom is 0.330 e. The molecule has 0 saturated carbocycles. The van der Waals surface area contributed by atoms with Crippen LogP contribution in [0.2, 0.25) is 0 Å². The van der Waals surface area contributed by atoms with E-state index in [-0.39, 0.29) is 5.56 Å². The van der Waals surface area contributed by atoms with Crippen LogP contribution in [0.4, 0.5) is 8.78 Å². The standard InChI is InChI=1S/C10H9BrF2O2/c11-10(12,13)9(14)7-1-2-8-6(5-7)3-4-15-8/h1-2,5,9,14H,3-4H2. The molecule has 2 nitrogen and oxygen atoms in total. The van der Waals surface area contributed by atoms with E-state index in [0.29, 0.717) is 18.8 Å². The molecule has 1 aliphatic heterocycles. The third kappa shape index (κ3) is 2.13. The summed E-state index contributed by atoms with van der Waals surface area (Å²) in [5, 5.41) is 9.35. The monoisotopic (exact) mass is 278 g/mol. The molecule has 1 N–H and O–H groups in total. The number of benzene rings is 1. The van der Waals surface area contributed by atoms with Gasteiger partial charge in [-0.3, -0.25) is 0 Å². The van der Waals surface area contributed by atoms with Gasteiger partial charge in [0.05, 0.1) is 6.61 Å². The molecule has 15 heavy (non-hydrogen) atoms. The molecule has 82 valence electrons. The quantitative estimate of drug-likeness (QED) is 0.843. The first-order valence-electron chi connectivity index (χ1n) is 4.49. The Labute approximate surface area is 94.0 Å². The molecule has 2 rings (SSSR count). The van der Waals surface area contributed by atoms with Crippen LogP contribution in [0.3, 0.4) is 0 Å². The Morgan fingerprint density at radius 1 is 1.47 bits per heavy atom. The minimum absolute atomic E-state index is 0.195. The van der Waals surface area contributed by atoms with Crippen molar-refractivity contribution in [2.45, 2.75) is 17.4 Å². The van der Waals surface area contributed by atoms with Gasteiger partial charge < -0.3 is 9.84 Å². The second-order valence-electron chi connectivity index (χ2n) is 3.41. The summed E-state index contributed by atoms with van der Waals surface area (Å²) in [6.07, 6.45) is -1.13. The zero-order valence-corrected chi connectivity index (χ0v) is 9.30. The largest absolute Gasteiger partial charge is 0.493 e. The fraction of sp³-hybridized carbons (Fsp3) is 0.400. The van der Waals surface area contributed by atoms with Gasteiger partial charge in [-0.25, -0.2) is 0 Å². The second kappa shape index (κ2) is 3.72. The van der Waals surface area contributed by atoms with Gasteiger partial charge in [0.15, 0.2) is 6.10 Å². The Morgan fingerprint density at radius 2 is 2.20 bits per heavy atom. The Balaban J connectivity index is 2.31. The van der Waals surface area contributed by atoms with E-state index in [0.717, 1.165) is 5.56 Å². The number of aliphatic hydroxyl groups is 1. The van der Waals surface area contributed by atoms with Gasteiger partial charge in [0.25, 0.3) is 0 Å². The highest BCUT2D eigenvalue weighted by molar-refractivity contribution is 9.10. The van der Waals surface area contributed by atoms with Crippen LogP contribution >= 0.6 is 15.9 Å². The Morgan fingerprint density at radius 3 is 2.87 bits per heavy atom. The lowest BCUT2D eigenvalue weighted by molar-refractivity contribution is -0.0294. The van der Waals surface area contributed by atoms with Crippen molar-refractivity contribution in [1.82, 2.24) is 0 Å². The van der Waals surface area contributed by atoms with Crippen LogP contribution in [-0.2, 0) is 6.42 Å². The highest BCUT2D eigenvalue weighted by Crippen LogP contribution is 2.38. The summed E-state index contributed by atoms with van der Waals surface area (Å²) in [6.45, 7) is 0.569. The fourth-order valence-corrected chi connectivity index (χ4v) is 1.83. The van der Waals surface area contributed by atoms with Crippen molar-refractivity contribution in [1.29, 1.82) is 0 Å². The smallest absolute Gasteiger partial charge is 0.330 e. The number of alkyl halides is 3. The van der Waals surface area contributed by atoms with Crippen LogP contribution in [-0.4, -0.2) is 16.5 Å². The molecule has 0 aliphatic carbocycles. The number of fused-ring (bicyclic) bond motifs is 1. The van der Waals surface area contributed by atoms with Crippen LogP contribution < -0.4 is 4.74 Å². The van der Waals surface area contributed by atoms with Gasteiger partial charge in [0.1, 0.15) is 5.75 Å². The number of halogens is 3. The Kier molecular flexibility index (Phi) is 2.68. The van der Waals surface area contributed by atoms with Crippen LogP contribution in [0.25, 0.3) is 0 Å². The lowest BCUT2D eigenvalue weighted by atomic mass is 10.0. The normalized spacial score (nSPS) is 17.1. The molecule has 0 saturated heterocycles. The van der Waals surface area contributed by atoms with E-state index in [1.54, 1.807) is 12.1 Å². The van der Waals surface area contributed by atoms with Crippen LogP contribution in [0.15, 0.2) is 18.2 Å². The molecule has 1 aromatic carbocycles. The van der Waals surface area contributed by atoms with E-state index in [1.165, 1.54) is 6.07 Å². The minimum atomic E-state index is -3.30. The van der Waals surface area contributed by atoms with Crippen LogP contribution in [0.5, 0.6) is 5.75 Å². The van der Waals surface area contributed by atoms with Gasteiger partial charge >= 0.3 is 4.83 Å². The highest BCUT2D eigenvalue weighted by atomic mass is 79.9. The fourth-order valence-electron chi connectivity index (χ4n) is 1.57. The molecule has 0 fully saturated rings.